The van der Waals surface area contributed by atoms with Gasteiger partial charge in [0.1, 0.15) is 23.4 Å². The molecule has 1 fully saturated rings. The molecular weight excluding hydrogens is 481 g/mol. The molecular formula is C23H18FN3O5S2. The lowest BCUT2D eigenvalue weighted by Crippen LogP contribution is -2.32. The zero-order valence-corrected chi connectivity index (χ0v) is 19.4. The fraction of sp³-hybridized carbons (Fsp3) is 0.217. The molecule has 3 unspecified atom stereocenters. The van der Waals surface area contributed by atoms with E-state index in [2.05, 4.69) is 10.6 Å². The first-order chi connectivity index (χ1) is 16.4. The summed E-state index contributed by atoms with van der Waals surface area (Å²) in [6.45, 7) is -0.257. The van der Waals surface area contributed by atoms with E-state index in [1.54, 1.807) is 43.5 Å². The SMILES string of the molecule is COc1ccc(NC(=O)Cn2c3c(sc2=O)C(c2ccc(F)cc2)C2C(=O)NC(=O)C2S3)cc1. The van der Waals surface area contributed by atoms with Crippen molar-refractivity contribution in [2.75, 3.05) is 12.4 Å². The number of carbonyl (C=O) groups excluding carboxylic acids is 3. The van der Waals surface area contributed by atoms with Crippen LogP contribution in [0.15, 0.2) is 58.4 Å². The molecule has 2 aliphatic heterocycles. The average Bonchev–Trinajstić information content (AvgIpc) is 3.28. The minimum absolute atomic E-state index is 0.257. The van der Waals surface area contributed by atoms with Gasteiger partial charge in [-0.1, -0.05) is 35.2 Å². The Labute approximate surface area is 201 Å². The number of halogens is 1. The zero-order valence-electron chi connectivity index (χ0n) is 17.7. The van der Waals surface area contributed by atoms with Gasteiger partial charge in [-0.2, -0.15) is 0 Å². The fourth-order valence-electron chi connectivity index (χ4n) is 4.22. The Morgan fingerprint density at radius 3 is 2.47 bits per heavy atom. The van der Waals surface area contributed by atoms with Crippen molar-refractivity contribution in [3.05, 3.63) is 74.5 Å². The number of hydrogen-bond acceptors (Lipinski definition) is 7. The van der Waals surface area contributed by atoms with Crippen LogP contribution in [0, 0.1) is 11.7 Å². The molecule has 0 radical (unpaired) electrons. The first kappa shape index (κ1) is 22.4. The number of nitrogens with one attached hydrogen (secondary N) is 2. The Bertz CT molecular complexity index is 1350. The number of amides is 3. The monoisotopic (exact) mass is 499 g/mol. The normalized spacial score (nSPS) is 20.9. The van der Waals surface area contributed by atoms with Gasteiger partial charge in [-0.3, -0.25) is 29.1 Å². The van der Waals surface area contributed by atoms with Crippen LogP contribution >= 0.6 is 23.1 Å². The van der Waals surface area contributed by atoms with E-state index >= 15 is 0 Å². The Morgan fingerprint density at radius 2 is 1.79 bits per heavy atom. The largest absolute Gasteiger partial charge is 0.497 e. The highest BCUT2D eigenvalue weighted by Crippen LogP contribution is 2.51. The van der Waals surface area contributed by atoms with Crippen molar-refractivity contribution in [1.29, 1.82) is 0 Å². The van der Waals surface area contributed by atoms with E-state index in [1.165, 1.54) is 16.7 Å². The molecule has 0 bridgehead atoms. The summed E-state index contributed by atoms with van der Waals surface area (Å²) in [4.78, 5) is 51.0. The molecule has 11 heteroatoms. The second-order valence-electron chi connectivity index (χ2n) is 7.85. The molecule has 1 aromatic heterocycles. The third kappa shape index (κ3) is 3.90. The molecule has 34 heavy (non-hydrogen) atoms. The highest BCUT2D eigenvalue weighted by atomic mass is 32.2. The summed E-state index contributed by atoms with van der Waals surface area (Å²) in [5.41, 5.74) is 1.17. The summed E-state index contributed by atoms with van der Waals surface area (Å²) >= 11 is 2.05. The maximum absolute atomic E-state index is 13.5. The lowest BCUT2D eigenvalue weighted by molar-refractivity contribution is -0.126. The van der Waals surface area contributed by atoms with Crippen LogP contribution in [0.5, 0.6) is 5.75 Å². The number of imide groups is 1. The van der Waals surface area contributed by atoms with E-state index in [-0.39, 0.29) is 11.4 Å². The second kappa shape index (κ2) is 8.73. The van der Waals surface area contributed by atoms with Crippen LogP contribution in [0.3, 0.4) is 0 Å². The smallest absolute Gasteiger partial charge is 0.308 e. The lowest BCUT2D eigenvalue weighted by atomic mass is 9.83. The number of benzene rings is 2. The topological polar surface area (TPSA) is 106 Å². The van der Waals surface area contributed by atoms with E-state index in [0.29, 0.717) is 26.9 Å². The van der Waals surface area contributed by atoms with Gasteiger partial charge in [0.15, 0.2) is 0 Å². The summed E-state index contributed by atoms with van der Waals surface area (Å²) < 4.78 is 20.0. The number of thiazole rings is 1. The van der Waals surface area contributed by atoms with Crippen LogP contribution in [0.2, 0.25) is 0 Å². The van der Waals surface area contributed by atoms with Crippen LogP contribution in [0.4, 0.5) is 10.1 Å². The van der Waals surface area contributed by atoms with E-state index in [1.807, 2.05) is 0 Å². The summed E-state index contributed by atoms with van der Waals surface area (Å²) in [7, 11) is 1.54. The predicted molar refractivity (Wildman–Crippen MR) is 125 cm³/mol. The third-order valence-electron chi connectivity index (χ3n) is 5.79. The first-order valence-corrected chi connectivity index (χ1v) is 12.0. The maximum atomic E-state index is 13.5. The Morgan fingerprint density at radius 1 is 1.09 bits per heavy atom. The Kier molecular flexibility index (Phi) is 5.74. The van der Waals surface area contributed by atoms with Crippen molar-refractivity contribution in [1.82, 2.24) is 9.88 Å². The molecule has 3 heterocycles. The molecule has 3 aromatic rings. The van der Waals surface area contributed by atoms with Crippen molar-refractivity contribution in [3.63, 3.8) is 0 Å². The van der Waals surface area contributed by atoms with Crippen molar-refractivity contribution in [2.24, 2.45) is 5.92 Å². The molecule has 174 valence electrons. The van der Waals surface area contributed by atoms with Gasteiger partial charge in [0.25, 0.3) is 0 Å². The zero-order chi connectivity index (χ0) is 24.0. The number of hydrogen-bond donors (Lipinski definition) is 2. The predicted octanol–water partition coefficient (Wildman–Crippen LogP) is 2.58. The van der Waals surface area contributed by atoms with Crippen molar-refractivity contribution in [2.45, 2.75) is 22.7 Å². The molecule has 2 aromatic carbocycles. The number of ether oxygens (including phenoxy) is 1. The number of rotatable bonds is 5. The van der Waals surface area contributed by atoms with Gasteiger partial charge in [0.05, 0.1) is 18.1 Å². The number of carbonyl (C=O) groups is 3. The number of thioether (sulfide) groups is 1. The van der Waals surface area contributed by atoms with E-state index in [9.17, 15) is 23.6 Å². The molecule has 8 nitrogen and oxygen atoms in total. The standard InChI is InChI=1S/C23H18FN3O5S2/c1-32-14-8-6-13(7-9-14)25-15(28)10-27-22-19(34-23(27)31)16(11-2-4-12(24)5-3-11)17-18(33-22)21(30)26-20(17)29/h2-9,16-18H,10H2,1H3,(H,25,28)(H,26,29,30). The molecule has 3 amide bonds. The van der Waals surface area contributed by atoms with Gasteiger partial charge in [0.2, 0.25) is 17.7 Å². The number of anilines is 1. The number of aromatic nitrogens is 1. The second-order valence-corrected chi connectivity index (χ2v) is 9.97. The molecule has 0 spiro atoms. The van der Waals surface area contributed by atoms with Gasteiger partial charge >= 0.3 is 4.87 Å². The highest BCUT2D eigenvalue weighted by molar-refractivity contribution is 8.00. The van der Waals surface area contributed by atoms with E-state index < -0.39 is 40.6 Å². The molecule has 2 N–H and O–H groups in total. The Balaban J connectivity index is 1.49. The highest BCUT2D eigenvalue weighted by Gasteiger charge is 2.52. The molecule has 2 aliphatic rings. The summed E-state index contributed by atoms with van der Waals surface area (Å²) in [6, 6.07) is 12.4. The number of nitrogens with zero attached hydrogens (tertiary/aromatic N) is 1. The van der Waals surface area contributed by atoms with Crippen LogP contribution in [0.25, 0.3) is 0 Å². The first-order valence-electron chi connectivity index (χ1n) is 10.3. The van der Waals surface area contributed by atoms with Crippen molar-refractivity contribution < 1.29 is 23.5 Å². The lowest BCUT2D eigenvalue weighted by Gasteiger charge is -2.30. The third-order valence-corrected chi connectivity index (χ3v) is 8.41. The van der Waals surface area contributed by atoms with Crippen molar-refractivity contribution in [3.8, 4) is 5.75 Å². The molecule has 3 atom stereocenters. The summed E-state index contributed by atoms with van der Waals surface area (Å²) in [6.07, 6.45) is 0. The van der Waals surface area contributed by atoms with Gasteiger partial charge in [-0.25, -0.2) is 4.39 Å². The molecule has 0 saturated carbocycles. The van der Waals surface area contributed by atoms with Crippen LogP contribution in [-0.4, -0.2) is 34.6 Å². The molecule has 0 aliphatic carbocycles. The van der Waals surface area contributed by atoms with Gasteiger partial charge < -0.3 is 10.1 Å². The van der Waals surface area contributed by atoms with Crippen molar-refractivity contribution >= 4 is 46.5 Å². The number of methoxy groups -OCH3 is 1. The summed E-state index contributed by atoms with van der Waals surface area (Å²) in [5, 5.41) is 4.83. The Hall–Kier alpha value is -3.44. The van der Waals surface area contributed by atoms with Gasteiger partial charge in [0, 0.05) is 16.5 Å². The fourth-order valence-corrected chi connectivity index (χ4v) is 6.96. The summed E-state index contributed by atoms with van der Waals surface area (Å²) in [5.74, 6) is -2.40. The van der Waals surface area contributed by atoms with Crippen LogP contribution in [0.1, 0.15) is 16.4 Å². The van der Waals surface area contributed by atoms with Crippen LogP contribution < -0.4 is 20.2 Å². The average molecular weight is 500 g/mol. The minimum Gasteiger partial charge on any atom is -0.497 e. The van der Waals surface area contributed by atoms with Crippen LogP contribution in [-0.2, 0) is 20.9 Å². The number of fused-ring (bicyclic) bond motifs is 2. The van der Waals surface area contributed by atoms with E-state index in [0.717, 1.165) is 23.1 Å². The van der Waals surface area contributed by atoms with Gasteiger partial charge in [-0.05, 0) is 42.0 Å². The molecule has 1 saturated heterocycles. The molecule has 5 rings (SSSR count). The minimum atomic E-state index is -0.750. The maximum Gasteiger partial charge on any atom is 0.308 e. The quantitative estimate of drug-likeness (QED) is 0.523. The van der Waals surface area contributed by atoms with E-state index in [4.69, 9.17) is 4.74 Å². The van der Waals surface area contributed by atoms with Gasteiger partial charge in [-0.15, -0.1) is 0 Å².